The Labute approximate surface area is 109 Å². The molecule has 4 nitrogen and oxygen atoms in total. The van der Waals surface area contributed by atoms with Crippen molar-refractivity contribution in [1.82, 2.24) is 15.3 Å². The minimum Gasteiger partial charge on any atom is -0.381 e. The number of nitrogens with zero attached hydrogens (tertiary/aromatic N) is 2. The number of nitrogens with one attached hydrogen (secondary N) is 1. The maximum atomic E-state index is 5.41. The number of aromatic nitrogens is 2. The van der Waals surface area contributed by atoms with E-state index >= 15 is 0 Å². The first-order valence-corrected chi connectivity index (χ1v) is 6.78. The second-order valence-electron chi connectivity index (χ2n) is 5.44. The van der Waals surface area contributed by atoms with Crippen molar-refractivity contribution in [3.8, 4) is 0 Å². The lowest BCUT2D eigenvalue weighted by atomic mass is 10.1. The van der Waals surface area contributed by atoms with E-state index in [1.807, 2.05) is 6.92 Å². The molecule has 1 saturated heterocycles. The molecule has 0 amide bonds. The fourth-order valence-electron chi connectivity index (χ4n) is 2.16. The van der Waals surface area contributed by atoms with Crippen LogP contribution in [-0.2, 0) is 11.3 Å². The molecular weight excluding hydrogens is 226 g/mol. The van der Waals surface area contributed by atoms with Gasteiger partial charge in [-0.25, -0.2) is 9.97 Å². The van der Waals surface area contributed by atoms with E-state index in [0.29, 0.717) is 11.8 Å². The highest BCUT2D eigenvalue weighted by Crippen LogP contribution is 2.22. The quantitative estimate of drug-likeness (QED) is 0.867. The molecule has 0 spiro atoms. The first kappa shape index (κ1) is 13.4. The molecule has 1 aliphatic rings. The predicted molar refractivity (Wildman–Crippen MR) is 71.5 cm³/mol. The maximum Gasteiger partial charge on any atom is 0.134 e. The largest absolute Gasteiger partial charge is 0.381 e. The molecule has 18 heavy (non-hydrogen) atoms. The summed E-state index contributed by atoms with van der Waals surface area (Å²) in [5.74, 6) is 2.00. The van der Waals surface area contributed by atoms with Crippen LogP contribution in [0, 0.1) is 12.8 Å². The summed E-state index contributed by atoms with van der Waals surface area (Å²) >= 11 is 0. The van der Waals surface area contributed by atoms with E-state index in [-0.39, 0.29) is 0 Å². The summed E-state index contributed by atoms with van der Waals surface area (Å²) in [6, 6.07) is 2.06. The minimum absolute atomic E-state index is 0.383. The zero-order valence-corrected chi connectivity index (χ0v) is 11.6. The van der Waals surface area contributed by atoms with Gasteiger partial charge in [-0.1, -0.05) is 13.8 Å². The number of hydrogen-bond donors (Lipinski definition) is 1. The van der Waals surface area contributed by atoms with Crippen molar-refractivity contribution in [3.05, 3.63) is 23.3 Å². The van der Waals surface area contributed by atoms with Crippen LogP contribution in [-0.4, -0.2) is 29.7 Å². The summed E-state index contributed by atoms with van der Waals surface area (Å²) in [6.07, 6.45) is 1.04. The van der Waals surface area contributed by atoms with Gasteiger partial charge in [-0.15, -0.1) is 0 Å². The van der Waals surface area contributed by atoms with Gasteiger partial charge in [0.2, 0.25) is 0 Å². The van der Waals surface area contributed by atoms with Crippen LogP contribution in [0.1, 0.15) is 43.4 Å². The highest BCUT2D eigenvalue weighted by Gasteiger charge is 2.21. The molecule has 1 fully saturated rings. The van der Waals surface area contributed by atoms with Crippen LogP contribution in [0.3, 0.4) is 0 Å². The summed E-state index contributed by atoms with van der Waals surface area (Å²) in [4.78, 5) is 9.20. The van der Waals surface area contributed by atoms with Gasteiger partial charge >= 0.3 is 0 Å². The third kappa shape index (κ3) is 3.75. The van der Waals surface area contributed by atoms with Crippen molar-refractivity contribution in [2.75, 3.05) is 19.8 Å². The number of rotatable bonds is 5. The lowest BCUT2D eigenvalue weighted by Crippen LogP contribution is -2.20. The van der Waals surface area contributed by atoms with Gasteiger partial charge in [0.25, 0.3) is 0 Å². The van der Waals surface area contributed by atoms with E-state index < -0.39 is 0 Å². The third-order valence-corrected chi connectivity index (χ3v) is 3.08. The van der Waals surface area contributed by atoms with Crippen LogP contribution in [0.5, 0.6) is 0 Å². The van der Waals surface area contributed by atoms with Crippen LogP contribution in [0.25, 0.3) is 0 Å². The van der Waals surface area contributed by atoms with Crippen molar-refractivity contribution in [3.63, 3.8) is 0 Å². The zero-order valence-electron chi connectivity index (χ0n) is 11.6. The van der Waals surface area contributed by atoms with E-state index in [9.17, 15) is 0 Å². The molecule has 2 rings (SSSR count). The maximum absolute atomic E-state index is 5.41. The molecule has 1 aromatic heterocycles. The van der Waals surface area contributed by atoms with Crippen molar-refractivity contribution >= 4 is 0 Å². The van der Waals surface area contributed by atoms with Crippen molar-refractivity contribution in [2.24, 2.45) is 5.92 Å². The lowest BCUT2D eigenvalue weighted by molar-refractivity contribution is 0.193. The van der Waals surface area contributed by atoms with Gasteiger partial charge in [0.1, 0.15) is 5.82 Å². The number of aryl methyl sites for hydroxylation is 1. The Balaban J connectivity index is 2.01. The Kier molecular flexibility index (Phi) is 4.66. The van der Waals surface area contributed by atoms with E-state index in [1.165, 1.54) is 0 Å². The Morgan fingerprint density at radius 2 is 2.28 bits per heavy atom. The first-order chi connectivity index (χ1) is 8.65. The minimum atomic E-state index is 0.383. The van der Waals surface area contributed by atoms with Crippen LogP contribution >= 0.6 is 0 Å². The molecule has 1 unspecified atom stereocenters. The molecule has 100 valence electrons. The fourth-order valence-corrected chi connectivity index (χ4v) is 2.16. The van der Waals surface area contributed by atoms with Crippen molar-refractivity contribution < 1.29 is 4.74 Å². The first-order valence-electron chi connectivity index (χ1n) is 6.78. The normalized spacial score (nSPS) is 19.7. The monoisotopic (exact) mass is 249 g/mol. The highest BCUT2D eigenvalue weighted by molar-refractivity contribution is 5.13. The van der Waals surface area contributed by atoms with Gasteiger partial charge in [0.15, 0.2) is 0 Å². The van der Waals surface area contributed by atoms with Gasteiger partial charge in [-0.3, -0.25) is 0 Å². The molecule has 0 radical (unpaired) electrons. The smallest absolute Gasteiger partial charge is 0.134 e. The number of hydrogen-bond acceptors (Lipinski definition) is 4. The zero-order chi connectivity index (χ0) is 13.0. The Bertz CT molecular complexity index is 387. The van der Waals surface area contributed by atoms with Crippen LogP contribution in [0.15, 0.2) is 6.07 Å². The van der Waals surface area contributed by atoms with E-state index in [4.69, 9.17) is 4.74 Å². The van der Waals surface area contributed by atoms with Gasteiger partial charge < -0.3 is 10.1 Å². The van der Waals surface area contributed by atoms with Crippen LogP contribution in [0.4, 0.5) is 0 Å². The Morgan fingerprint density at radius 1 is 1.44 bits per heavy atom. The van der Waals surface area contributed by atoms with Crippen molar-refractivity contribution in [2.45, 2.75) is 39.7 Å². The Morgan fingerprint density at radius 3 is 2.94 bits per heavy atom. The van der Waals surface area contributed by atoms with Crippen LogP contribution in [0.2, 0.25) is 0 Å². The molecule has 0 aliphatic carbocycles. The third-order valence-electron chi connectivity index (χ3n) is 3.08. The van der Waals surface area contributed by atoms with Gasteiger partial charge in [0.05, 0.1) is 12.3 Å². The second kappa shape index (κ2) is 6.25. The lowest BCUT2D eigenvalue weighted by Gasteiger charge is -2.11. The molecule has 1 aliphatic heterocycles. The molecule has 0 bridgehead atoms. The summed E-state index contributed by atoms with van der Waals surface area (Å²) in [5, 5.41) is 3.42. The van der Waals surface area contributed by atoms with Gasteiger partial charge in [0, 0.05) is 24.8 Å². The standard InChI is InChI=1S/C14H23N3O/c1-10(2)7-15-8-13-6-11(3)16-14(17-13)12-4-5-18-9-12/h6,10,12,15H,4-5,7-9H2,1-3H3. The summed E-state index contributed by atoms with van der Waals surface area (Å²) in [5.41, 5.74) is 2.14. The Hall–Kier alpha value is -1.00. The molecule has 1 aromatic rings. The molecule has 4 heteroatoms. The summed E-state index contributed by atoms with van der Waals surface area (Å²) in [7, 11) is 0. The average molecular weight is 249 g/mol. The van der Waals surface area contributed by atoms with Crippen LogP contribution < -0.4 is 5.32 Å². The van der Waals surface area contributed by atoms with E-state index in [1.54, 1.807) is 0 Å². The van der Waals surface area contributed by atoms with E-state index in [0.717, 1.165) is 49.9 Å². The molecule has 0 saturated carbocycles. The second-order valence-corrected chi connectivity index (χ2v) is 5.44. The molecule has 0 aromatic carbocycles. The summed E-state index contributed by atoms with van der Waals surface area (Å²) in [6.45, 7) is 9.89. The average Bonchev–Trinajstić information content (AvgIpc) is 2.81. The predicted octanol–water partition coefficient (Wildman–Crippen LogP) is 2.03. The van der Waals surface area contributed by atoms with E-state index in [2.05, 4.69) is 35.2 Å². The molecule has 1 N–H and O–H groups in total. The molecule has 2 heterocycles. The van der Waals surface area contributed by atoms with Crippen molar-refractivity contribution in [1.29, 1.82) is 0 Å². The highest BCUT2D eigenvalue weighted by atomic mass is 16.5. The van der Waals surface area contributed by atoms with Gasteiger partial charge in [-0.2, -0.15) is 0 Å². The van der Waals surface area contributed by atoms with Gasteiger partial charge in [-0.05, 0) is 31.9 Å². The summed E-state index contributed by atoms with van der Waals surface area (Å²) < 4.78 is 5.41. The SMILES string of the molecule is Cc1cc(CNCC(C)C)nc(C2CCOC2)n1. The molecular formula is C14H23N3O. The number of ether oxygens (including phenoxy) is 1. The fraction of sp³-hybridized carbons (Fsp3) is 0.714. The topological polar surface area (TPSA) is 47.0 Å². The molecule has 1 atom stereocenters.